The molecule has 0 bridgehead atoms. The van der Waals surface area contributed by atoms with Gasteiger partial charge in [0.05, 0.1) is 0 Å². The van der Waals surface area contributed by atoms with Gasteiger partial charge >= 0.3 is 5.97 Å². The number of hydrogen-bond acceptors (Lipinski definition) is 3. The highest BCUT2D eigenvalue weighted by Gasteiger charge is 2.46. The van der Waals surface area contributed by atoms with Crippen LogP contribution in [-0.4, -0.2) is 47.2 Å². The molecule has 2 rings (SSSR count). The summed E-state index contributed by atoms with van der Waals surface area (Å²) in [6.45, 7) is 7.53. The van der Waals surface area contributed by atoms with Gasteiger partial charge in [-0.2, -0.15) is 0 Å². The van der Waals surface area contributed by atoms with Gasteiger partial charge in [-0.05, 0) is 70.5 Å². The molecule has 0 spiro atoms. The molecule has 0 aromatic carbocycles. The Bertz CT molecular complexity index is 334. The number of nitrogens with one attached hydrogen (secondary N) is 1. The van der Waals surface area contributed by atoms with Crippen molar-refractivity contribution in [3.63, 3.8) is 0 Å². The van der Waals surface area contributed by atoms with E-state index in [1.807, 2.05) is 0 Å². The molecule has 3 unspecified atom stereocenters. The van der Waals surface area contributed by atoms with Crippen LogP contribution in [0, 0.1) is 5.92 Å². The molecule has 1 aliphatic carbocycles. The van der Waals surface area contributed by atoms with Crippen LogP contribution in [0.25, 0.3) is 0 Å². The van der Waals surface area contributed by atoms with Crippen molar-refractivity contribution in [2.24, 2.45) is 5.92 Å². The molecular formula is C16H30N2O2. The Labute approximate surface area is 122 Å². The molecule has 1 saturated carbocycles. The van der Waals surface area contributed by atoms with E-state index in [1.54, 1.807) is 0 Å². The molecule has 0 radical (unpaired) electrons. The third kappa shape index (κ3) is 3.53. The van der Waals surface area contributed by atoms with Crippen molar-refractivity contribution in [1.29, 1.82) is 0 Å². The number of carboxylic acids is 1. The standard InChI is InChI=1S/C16H30N2O2/c1-3-9-17-16(15(19)20)8-6-14(12-16)18-10-4-5-13(2)7-11-18/h13-14,17H,3-12H2,1-2H3,(H,19,20). The Morgan fingerprint density at radius 3 is 2.85 bits per heavy atom. The molecule has 0 aromatic heterocycles. The van der Waals surface area contributed by atoms with Crippen molar-refractivity contribution in [1.82, 2.24) is 10.2 Å². The summed E-state index contributed by atoms with van der Waals surface area (Å²) >= 11 is 0. The molecule has 4 heteroatoms. The molecule has 4 nitrogen and oxygen atoms in total. The maximum absolute atomic E-state index is 11.7. The molecule has 2 aliphatic rings. The summed E-state index contributed by atoms with van der Waals surface area (Å²) in [6.07, 6.45) is 7.41. The van der Waals surface area contributed by atoms with E-state index >= 15 is 0 Å². The first kappa shape index (κ1) is 15.8. The van der Waals surface area contributed by atoms with E-state index in [0.717, 1.165) is 51.2 Å². The average Bonchev–Trinajstić information content (AvgIpc) is 2.75. The van der Waals surface area contributed by atoms with Gasteiger partial charge < -0.3 is 15.3 Å². The second kappa shape index (κ2) is 6.90. The van der Waals surface area contributed by atoms with Crippen molar-refractivity contribution in [3.05, 3.63) is 0 Å². The van der Waals surface area contributed by atoms with E-state index in [9.17, 15) is 9.90 Å². The van der Waals surface area contributed by atoms with Crippen LogP contribution in [0.2, 0.25) is 0 Å². The van der Waals surface area contributed by atoms with Crippen LogP contribution in [0.4, 0.5) is 0 Å². The van der Waals surface area contributed by atoms with E-state index in [4.69, 9.17) is 0 Å². The summed E-state index contributed by atoms with van der Waals surface area (Å²) in [5, 5.41) is 12.9. The van der Waals surface area contributed by atoms with Gasteiger partial charge in [0, 0.05) is 6.04 Å². The summed E-state index contributed by atoms with van der Waals surface area (Å²) in [5.74, 6) is 0.167. The molecule has 3 atom stereocenters. The minimum absolute atomic E-state index is 0.459. The van der Waals surface area contributed by atoms with Gasteiger partial charge in [0.1, 0.15) is 5.54 Å². The fourth-order valence-corrected chi connectivity index (χ4v) is 3.78. The maximum atomic E-state index is 11.7. The monoisotopic (exact) mass is 282 g/mol. The van der Waals surface area contributed by atoms with Crippen molar-refractivity contribution in [2.45, 2.75) is 70.4 Å². The number of aliphatic carboxylic acids is 1. The molecule has 2 N–H and O–H groups in total. The van der Waals surface area contributed by atoms with Crippen LogP contribution in [0.15, 0.2) is 0 Å². The minimum atomic E-state index is -0.668. The van der Waals surface area contributed by atoms with E-state index in [-0.39, 0.29) is 0 Å². The summed E-state index contributed by atoms with van der Waals surface area (Å²) < 4.78 is 0. The highest BCUT2D eigenvalue weighted by molar-refractivity contribution is 5.79. The van der Waals surface area contributed by atoms with E-state index in [0.29, 0.717) is 6.04 Å². The Morgan fingerprint density at radius 1 is 1.35 bits per heavy atom. The van der Waals surface area contributed by atoms with Crippen LogP contribution in [0.3, 0.4) is 0 Å². The lowest BCUT2D eigenvalue weighted by atomic mass is 9.97. The first-order valence-corrected chi connectivity index (χ1v) is 8.30. The Morgan fingerprint density at radius 2 is 2.15 bits per heavy atom. The largest absolute Gasteiger partial charge is 0.480 e. The zero-order valence-electron chi connectivity index (χ0n) is 13.0. The fraction of sp³-hybridized carbons (Fsp3) is 0.938. The SMILES string of the molecule is CCCNC1(C(=O)O)CCC(N2CCCC(C)CC2)C1. The van der Waals surface area contributed by atoms with E-state index in [2.05, 4.69) is 24.1 Å². The van der Waals surface area contributed by atoms with Gasteiger partial charge in [-0.25, -0.2) is 0 Å². The normalized spacial score (nSPS) is 35.9. The zero-order valence-corrected chi connectivity index (χ0v) is 13.0. The number of hydrogen-bond donors (Lipinski definition) is 2. The Balaban J connectivity index is 1.96. The smallest absolute Gasteiger partial charge is 0.323 e. The molecule has 20 heavy (non-hydrogen) atoms. The Hall–Kier alpha value is -0.610. The average molecular weight is 282 g/mol. The van der Waals surface area contributed by atoms with Gasteiger partial charge in [-0.15, -0.1) is 0 Å². The van der Waals surface area contributed by atoms with Crippen molar-refractivity contribution in [2.75, 3.05) is 19.6 Å². The fourth-order valence-electron chi connectivity index (χ4n) is 3.78. The predicted octanol–water partition coefficient (Wildman–Crippen LogP) is 2.48. The highest BCUT2D eigenvalue weighted by Crippen LogP contribution is 2.35. The van der Waals surface area contributed by atoms with Gasteiger partial charge in [-0.1, -0.05) is 13.8 Å². The number of likely N-dealkylation sites (tertiary alicyclic amines) is 1. The molecule has 0 aromatic rings. The highest BCUT2D eigenvalue weighted by atomic mass is 16.4. The van der Waals surface area contributed by atoms with Crippen LogP contribution >= 0.6 is 0 Å². The maximum Gasteiger partial charge on any atom is 0.323 e. The summed E-state index contributed by atoms with van der Waals surface area (Å²) in [7, 11) is 0. The van der Waals surface area contributed by atoms with Crippen LogP contribution < -0.4 is 5.32 Å². The zero-order chi connectivity index (χ0) is 14.6. The summed E-state index contributed by atoms with van der Waals surface area (Å²) in [5.41, 5.74) is -0.668. The van der Waals surface area contributed by atoms with Gasteiger partial charge in [0.15, 0.2) is 0 Å². The number of nitrogens with zero attached hydrogens (tertiary/aromatic N) is 1. The van der Waals surface area contributed by atoms with Crippen molar-refractivity contribution in [3.8, 4) is 0 Å². The Kier molecular flexibility index (Phi) is 5.44. The topological polar surface area (TPSA) is 52.6 Å². The molecule has 1 heterocycles. The summed E-state index contributed by atoms with van der Waals surface area (Å²) in [6, 6.07) is 0.459. The van der Waals surface area contributed by atoms with E-state index in [1.165, 1.54) is 19.3 Å². The van der Waals surface area contributed by atoms with Crippen LogP contribution in [0.1, 0.15) is 58.8 Å². The second-order valence-corrected chi connectivity index (χ2v) is 6.78. The second-order valence-electron chi connectivity index (χ2n) is 6.78. The third-order valence-electron chi connectivity index (χ3n) is 5.18. The molecule has 1 aliphatic heterocycles. The summed E-state index contributed by atoms with van der Waals surface area (Å²) in [4.78, 5) is 14.3. The van der Waals surface area contributed by atoms with Gasteiger partial charge in [0.25, 0.3) is 0 Å². The number of carbonyl (C=O) groups is 1. The van der Waals surface area contributed by atoms with Gasteiger partial charge in [0.2, 0.25) is 0 Å². The quantitative estimate of drug-likeness (QED) is 0.813. The third-order valence-corrected chi connectivity index (χ3v) is 5.18. The predicted molar refractivity (Wildman–Crippen MR) is 80.9 cm³/mol. The first-order valence-electron chi connectivity index (χ1n) is 8.30. The minimum Gasteiger partial charge on any atom is -0.480 e. The number of carboxylic acid groups (broad SMARTS) is 1. The lowest BCUT2D eigenvalue weighted by molar-refractivity contribution is -0.144. The van der Waals surface area contributed by atoms with Crippen LogP contribution in [0.5, 0.6) is 0 Å². The number of rotatable bonds is 5. The first-order chi connectivity index (χ1) is 9.57. The molecule has 0 amide bonds. The van der Waals surface area contributed by atoms with Gasteiger partial charge in [-0.3, -0.25) is 4.79 Å². The molecule has 116 valence electrons. The lowest BCUT2D eigenvalue weighted by Gasteiger charge is -2.30. The van der Waals surface area contributed by atoms with Crippen LogP contribution in [-0.2, 0) is 4.79 Å². The van der Waals surface area contributed by atoms with Crippen molar-refractivity contribution >= 4 is 5.97 Å². The lowest BCUT2D eigenvalue weighted by Crippen LogP contribution is -2.51. The molecule has 2 fully saturated rings. The molecular weight excluding hydrogens is 252 g/mol. The molecule has 1 saturated heterocycles. The van der Waals surface area contributed by atoms with Crippen molar-refractivity contribution < 1.29 is 9.90 Å². The van der Waals surface area contributed by atoms with E-state index < -0.39 is 11.5 Å².